The third kappa shape index (κ3) is 5.19. The molecule has 0 atom stereocenters. The number of rotatable bonds is 8. The number of ether oxygens (including phenoxy) is 1. The summed E-state index contributed by atoms with van der Waals surface area (Å²) in [4.78, 5) is 12.1. The molecule has 140 valence electrons. The van der Waals surface area contributed by atoms with Crippen molar-refractivity contribution in [2.45, 2.75) is 13.0 Å². The molecule has 0 aliphatic carbocycles. The zero-order valence-electron chi connectivity index (χ0n) is 14.6. The Morgan fingerprint density at radius 2 is 1.81 bits per heavy atom. The van der Waals surface area contributed by atoms with E-state index >= 15 is 0 Å². The summed E-state index contributed by atoms with van der Waals surface area (Å²) < 4.78 is 44.0. The van der Waals surface area contributed by atoms with Crippen LogP contribution in [0.5, 0.6) is 5.75 Å². The van der Waals surface area contributed by atoms with Gasteiger partial charge in [0.25, 0.3) is 0 Å². The normalized spacial score (nSPS) is 11.0. The van der Waals surface area contributed by atoms with E-state index in [4.69, 9.17) is 4.74 Å². The van der Waals surface area contributed by atoms with E-state index in [-0.39, 0.29) is 31.1 Å². The molecule has 0 heterocycles. The first-order valence-electron chi connectivity index (χ1n) is 7.93. The van der Waals surface area contributed by atoms with Crippen LogP contribution in [0.15, 0.2) is 48.5 Å². The molecule has 0 aliphatic rings. The number of nitrogens with zero attached hydrogens (tertiary/aromatic N) is 1. The number of halogens is 1. The number of methoxy groups -OCH3 is 1. The Morgan fingerprint density at radius 3 is 2.46 bits per heavy atom. The van der Waals surface area contributed by atoms with Gasteiger partial charge in [0.2, 0.25) is 15.9 Å². The Morgan fingerprint density at radius 1 is 1.15 bits per heavy atom. The lowest BCUT2D eigenvalue weighted by molar-refractivity contribution is -0.121. The molecule has 8 heteroatoms. The highest BCUT2D eigenvalue weighted by atomic mass is 32.2. The fraction of sp³-hybridized carbons (Fsp3) is 0.278. The third-order valence-electron chi connectivity index (χ3n) is 3.73. The van der Waals surface area contributed by atoms with E-state index in [0.717, 1.165) is 16.1 Å². The molecule has 26 heavy (non-hydrogen) atoms. The van der Waals surface area contributed by atoms with Gasteiger partial charge in [-0.15, -0.1) is 0 Å². The molecule has 1 amide bonds. The summed E-state index contributed by atoms with van der Waals surface area (Å²) in [5.41, 5.74) is 0.727. The van der Waals surface area contributed by atoms with Crippen molar-refractivity contribution in [3.8, 4) is 5.75 Å². The number of sulfonamides is 1. The summed E-state index contributed by atoms with van der Waals surface area (Å²) in [6.07, 6.45) is 0.878. The number of nitrogens with one attached hydrogen (secondary N) is 1. The quantitative estimate of drug-likeness (QED) is 0.763. The maximum Gasteiger partial charge on any atom is 0.232 e. The summed E-state index contributed by atoms with van der Waals surface area (Å²) in [6, 6.07) is 12.8. The zero-order chi connectivity index (χ0) is 19.2. The van der Waals surface area contributed by atoms with Gasteiger partial charge < -0.3 is 10.1 Å². The molecule has 6 nitrogen and oxygen atoms in total. The lowest BCUT2D eigenvalue weighted by atomic mass is 10.2. The van der Waals surface area contributed by atoms with Crippen molar-refractivity contribution in [1.29, 1.82) is 0 Å². The van der Waals surface area contributed by atoms with E-state index in [0.29, 0.717) is 5.75 Å². The van der Waals surface area contributed by atoms with Crippen LogP contribution < -0.4 is 14.4 Å². The lowest BCUT2D eigenvalue weighted by Gasteiger charge is -2.22. The predicted molar refractivity (Wildman–Crippen MR) is 98.0 cm³/mol. The molecule has 0 aromatic heterocycles. The fourth-order valence-electron chi connectivity index (χ4n) is 2.45. The van der Waals surface area contributed by atoms with Crippen molar-refractivity contribution < 1.29 is 22.3 Å². The van der Waals surface area contributed by atoms with Crippen LogP contribution in [-0.4, -0.2) is 34.2 Å². The minimum absolute atomic E-state index is 0.0764. The van der Waals surface area contributed by atoms with E-state index in [2.05, 4.69) is 5.32 Å². The zero-order valence-corrected chi connectivity index (χ0v) is 15.4. The molecule has 1 N–H and O–H groups in total. The van der Waals surface area contributed by atoms with Crippen LogP contribution in [0.2, 0.25) is 0 Å². The largest absolute Gasteiger partial charge is 0.496 e. The number of para-hydroxylation sites is 2. The summed E-state index contributed by atoms with van der Waals surface area (Å²) >= 11 is 0. The number of amides is 1. The molecule has 0 saturated heterocycles. The van der Waals surface area contributed by atoms with Crippen molar-refractivity contribution >= 4 is 21.6 Å². The van der Waals surface area contributed by atoms with Gasteiger partial charge in [-0.2, -0.15) is 0 Å². The topological polar surface area (TPSA) is 75.7 Å². The second-order valence-corrected chi connectivity index (χ2v) is 7.53. The van der Waals surface area contributed by atoms with Crippen molar-refractivity contribution in [1.82, 2.24) is 5.32 Å². The number of benzene rings is 2. The molecule has 2 aromatic carbocycles. The molecule has 0 aliphatic heterocycles. The number of carbonyl (C=O) groups is 1. The van der Waals surface area contributed by atoms with E-state index < -0.39 is 15.8 Å². The Bertz CT molecular complexity index is 871. The minimum Gasteiger partial charge on any atom is -0.496 e. The standard InChI is InChI=1S/C18H21FN2O4S/c1-25-17-10-6-3-7-14(17)13-20-18(22)11-12-21(26(2,23)24)16-9-5-4-8-15(16)19/h3-10H,11-13H2,1-2H3,(H,20,22). The van der Waals surface area contributed by atoms with Gasteiger partial charge in [-0.05, 0) is 18.2 Å². The Kier molecular flexibility index (Phi) is 6.57. The number of carbonyl (C=O) groups excluding carboxylic acids is 1. The van der Waals surface area contributed by atoms with Gasteiger partial charge >= 0.3 is 0 Å². The molecule has 0 unspecified atom stereocenters. The fourth-order valence-corrected chi connectivity index (χ4v) is 3.38. The SMILES string of the molecule is COc1ccccc1CNC(=O)CCN(c1ccccc1F)S(C)(=O)=O. The van der Waals surface area contributed by atoms with Crippen LogP contribution in [0, 0.1) is 5.82 Å². The van der Waals surface area contributed by atoms with E-state index in [1.165, 1.54) is 18.2 Å². The van der Waals surface area contributed by atoms with Gasteiger partial charge in [0, 0.05) is 25.1 Å². The van der Waals surface area contributed by atoms with Gasteiger partial charge in [0.15, 0.2) is 0 Å². The Balaban J connectivity index is 2.01. The van der Waals surface area contributed by atoms with E-state index in [1.807, 2.05) is 18.2 Å². The molecule has 0 spiro atoms. The monoisotopic (exact) mass is 380 g/mol. The molecule has 2 rings (SSSR count). The smallest absolute Gasteiger partial charge is 0.232 e. The van der Waals surface area contributed by atoms with Crippen molar-refractivity contribution in [3.63, 3.8) is 0 Å². The molecule has 0 bridgehead atoms. The van der Waals surface area contributed by atoms with Crippen LogP contribution in [0.3, 0.4) is 0 Å². The highest BCUT2D eigenvalue weighted by molar-refractivity contribution is 7.92. The summed E-state index contributed by atoms with van der Waals surface area (Å²) in [7, 11) is -2.18. The predicted octanol–water partition coefficient (Wildman–Crippen LogP) is 2.31. The van der Waals surface area contributed by atoms with Gasteiger partial charge in [-0.25, -0.2) is 12.8 Å². The maximum absolute atomic E-state index is 13.9. The first kappa shape index (κ1) is 19.7. The van der Waals surface area contributed by atoms with Crippen molar-refractivity contribution in [2.24, 2.45) is 0 Å². The van der Waals surface area contributed by atoms with E-state index in [1.54, 1.807) is 19.2 Å². The summed E-state index contributed by atoms with van der Waals surface area (Å²) in [5.74, 6) is -0.356. The van der Waals surface area contributed by atoms with Crippen LogP contribution >= 0.6 is 0 Å². The highest BCUT2D eigenvalue weighted by Crippen LogP contribution is 2.21. The molecule has 0 fully saturated rings. The molecule has 0 saturated carbocycles. The second kappa shape index (κ2) is 8.66. The van der Waals surface area contributed by atoms with Crippen LogP contribution in [0.25, 0.3) is 0 Å². The average Bonchev–Trinajstić information content (AvgIpc) is 2.60. The van der Waals surface area contributed by atoms with Crippen molar-refractivity contribution in [3.05, 3.63) is 59.9 Å². The maximum atomic E-state index is 13.9. The van der Waals surface area contributed by atoms with Gasteiger partial charge in [0.05, 0.1) is 19.1 Å². The molecule has 2 aromatic rings. The first-order valence-corrected chi connectivity index (χ1v) is 9.78. The summed E-state index contributed by atoms with van der Waals surface area (Å²) in [6.45, 7) is 0.0962. The second-order valence-electron chi connectivity index (χ2n) is 5.63. The van der Waals surface area contributed by atoms with Gasteiger partial charge in [0.1, 0.15) is 11.6 Å². The highest BCUT2D eigenvalue weighted by Gasteiger charge is 2.21. The Hall–Kier alpha value is -2.61. The molecular formula is C18H21FN2O4S. The average molecular weight is 380 g/mol. The van der Waals surface area contributed by atoms with Crippen molar-refractivity contribution in [2.75, 3.05) is 24.2 Å². The van der Waals surface area contributed by atoms with E-state index in [9.17, 15) is 17.6 Å². The van der Waals surface area contributed by atoms with Crippen LogP contribution in [0.4, 0.5) is 10.1 Å². The third-order valence-corrected chi connectivity index (χ3v) is 4.91. The first-order chi connectivity index (χ1) is 12.3. The van der Waals surface area contributed by atoms with Gasteiger partial charge in [-0.1, -0.05) is 30.3 Å². The molecule has 0 radical (unpaired) electrons. The van der Waals surface area contributed by atoms with Crippen LogP contribution in [-0.2, 0) is 21.4 Å². The minimum atomic E-state index is -3.72. The number of hydrogen-bond donors (Lipinski definition) is 1. The molecular weight excluding hydrogens is 359 g/mol. The Labute approximate surface area is 152 Å². The lowest BCUT2D eigenvalue weighted by Crippen LogP contribution is -2.35. The number of hydrogen-bond acceptors (Lipinski definition) is 4. The summed E-state index contributed by atoms with van der Waals surface area (Å²) in [5, 5.41) is 2.71. The van der Waals surface area contributed by atoms with Crippen LogP contribution in [0.1, 0.15) is 12.0 Å². The van der Waals surface area contributed by atoms with Gasteiger partial charge in [-0.3, -0.25) is 9.10 Å². The number of anilines is 1.